The van der Waals surface area contributed by atoms with Crippen molar-refractivity contribution in [1.29, 1.82) is 5.26 Å². The molecule has 0 saturated carbocycles. The first-order chi connectivity index (χ1) is 14.0. The van der Waals surface area contributed by atoms with Crippen LogP contribution in [0.2, 0.25) is 0 Å². The second kappa shape index (κ2) is 7.28. The van der Waals surface area contributed by atoms with Crippen molar-refractivity contribution in [3.8, 4) is 28.6 Å². The van der Waals surface area contributed by atoms with E-state index in [1.807, 2.05) is 30.5 Å². The minimum atomic E-state index is -0.0186. The van der Waals surface area contributed by atoms with Gasteiger partial charge in [0.15, 0.2) is 0 Å². The monoisotopic (exact) mass is 388 g/mol. The molecular formula is C21H20N6O2. The van der Waals surface area contributed by atoms with E-state index >= 15 is 0 Å². The Bertz CT molecular complexity index is 1130. The fourth-order valence-electron chi connectivity index (χ4n) is 3.71. The number of amides is 1. The predicted molar refractivity (Wildman–Crippen MR) is 107 cm³/mol. The number of pyridine rings is 1. The van der Waals surface area contributed by atoms with Crippen LogP contribution >= 0.6 is 0 Å². The smallest absolute Gasteiger partial charge is 0.219 e. The van der Waals surface area contributed by atoms with Gasteiger partial charge in [-0.3, -0.25) is 4.79 Å². The highest BCUT2D eigenvalue weighted by Crippen LogP contribution is 2.39. The normalized spacial score (nSPS) is 12.9. The van der Waals surface area contributed by atoms with E-state index in [0.717, 1.165) is 22.5 Å². The molecule has 8 heteroatoms. The number of hydrogen-bond donors (Lipinski definition) is 1. The number of nitrogens with zero attached hydrogens (tertiary/aromatic N) is 5. The van der Waals surface area contributed by atoms with Crippen molar-refractivity contribution in [3.63, 3.8) is 0 Å². The molecule has 2 N–H and O–H groups in total. The quantitative estimate of drug-likeness (QED) is 0.737. The van der Waals surface area contributed by atoms with Crippen molar-refractivity contribution in [1.82, 2.24) is 19.7 Å². The van der Waals surface area contributed by atoms with Crippen LogP contribution in [0, 0.1) is 11.3 Å². The van der Waals surface area contributed by atoms with Gasteiger partial charge in [0.05, 0.1) is 18.5 Å². The molecule has 1 amide bonds. The second-order valence-corrected chi connectivity index (χ2v) is 6.81. The van der Waals surface area contributed by atoms with Crippen molar-refractivity contribution < 1.29 is 9.53 Å². The Morgan fingerprint density at radius 1 is 1.38 bits per heavy atom. The lowest BCUT2D eigenvalue weighted by Crippen LogP contribution is -2.35. The van der Waals surface area contributed by atoms with Gasteiger partial charge in [-0.2, -0.15) is 10.4 Å². The van der Waals surface area contributed by atoms with Crippen molar-refractivity contribution in [2.75, 3.05) is 19.4 Å². The Balaban J connectivity index is 2.04. The number of benzene rings is 1. The molecule has 0 spiro atoms. The lowest BCUT2D eigenvalue weighted by molar-refractivity contribution is -0.129. The Kier molecular flexibility index (Phi) is 4.64. The van der Waals surface area contributed by atoms with E-state index in [1.54, 1.807) is 29.8 Å². The Morgan fingerprint density at radius 3 is 2.86 bits per heavy atom. The molecule has 146 valence electrons. The van der Waals surface area contributed by atoms with E-state index in [-0.39, 0.29) is 17.3 Å². The number of nitriles is 1. The second-order valence-electron chi connectivity index (χ2n) is 6.81. The average molecular weight is 388 g/mol. The van der Waals surface area contributed by atoms with E-state index in [9.17, 15) is 10.1 Å². The third kappa shape index (κ3) is 3.17. The van der Waals surface area contributed by atoms with Crippen LogP contribution in [0.3, 0.4) is 0 Å². The summed E-state index contributed by atoms with van der Waals surface area (Å²) in [4.78, 5) is 18.2. The van der Waals surface area contributed by atoms with Gasteiger partial charge in [-0.05, 0) is 24.3 Å². The van der Waals surface area contributed by atoms with Crippen molar-refractivity contribution in [3.05, 3.63) is 53.5 Å². The highest BCUT2D eigenvalue weighted by atomic mass is 16.5. The van der Waals surface area contributed by atoms with Crippen LogP contribution in [0.25, 0.3) is 16.8 Å². The van der Waals surface area contributed by atoms with Crippen molar-refractivity contribution in [2.24, 2.45) is 0 Å². The largest absolute Gasteiger partial charge is 0.497 e. The highest BCUT2D eigenvalue weighted by Gasteiger charge is 2.28. The number of aromatic nitrogens is 3. The number of anilines is 1. The maximum absolute atomic E-state index is 12.0. The maximum atomic E-state index is 12.0. The number of fused-ring (bicyclic) bond motifs is 1. The van der Waals surface area contributed by atoms with Crippen LogP contribution in [0.5, 0.6) is 5.75 Å². The van der Waals surface area contributed by atoms with Gasteiger partial charge in [0, 0.05) is 55.5 Å². The predicted octanol–water partition coefficient (Wildman–Crippen LogP) is 2.30. The van der Waals surface area contributed by atoms with E-state index in [1.165, 1.54) is 0 Å². The molecule has 0 saturated heterocycles. The van der Waals surface area contributed by atoms with Crippen molar-refractivity contribution in [2.45, 2.75) is 19.9 Å². The molecular weight excluding hydrogens is 368 g/mol. The minimum Gasteiger partial charge on any atom is -0.497 e. The standard InChI is InChI=1S/C21H20N6O2/c1-13(28)26-9-6-18-17(12-26)20(16(11-22)21(23)25-18)15-10-14(29-2)4-5-19(15)27-8-3-7-24-27/h3-5,7-8,10H,6,9,12H2,1-2H3,(H2,23,25). The molecule has 1 aliphatic heterocycles. The zero-order valence-electron chi connectivity index (χ0n) is 16.2. The molecule has 0 unspecified atom stereocenters. The summed E-state index contributed by atoms with van der Waals surface area (Å²) in [6.07, 6.45) is 4.10. The summed E-state index contributed by atoms with van der Waals surface area (Å²) in [5.74, 6) is 0.810. The van der Waals surface area contributed by atoms with Gasteiger partial charge in [0.2, 0.25) is 5.91 Å². The summed E-state index contributed by atoms with van der Waals surface area (Å²) >= 11 is 0. The number of hydrogen-bond acceptors (Lipinski definition) is 6. The topological polar surface area (TPSA) is 110 Å². The lowest BCUT2D eigenvalue weighted by atomic mass is 9.90. The van der Waals surface area contributed by atoms with Crippen LogP contribution < -0.4 is 10.5 Å². The first-order valence-electron chi connectivity index (χ1n) is 9.18. The average Bonchev–Trinajstić information content (AvgIpc) is 3.26. The summed E-state index contributed by atoms with van der Waals surface area (Å²) in [6.45, 7) is 2.49. The number of ether oxygens (including phenoxy) is 1. The molecule has 0 fully saturated rings. The molecule has 0 radical (unpaired) electrons. The van der Waals surface area contributed by atoms with Gasteiger partial charge in [0.25, 0.3) is 0 Å². The number of methoxy groups -OCH3 is 1. The molecule has 2 aromatic heterocycles. The van der Waals surface area contributed by atoms with Gasteiger partial charge in [-0.1, -0.05) is 0 Å². The maximum Gasteiger partial charge on any atom is 0.219 e. The minimum absolute atomic E-state index is 0.0186. The lowest BCUT2D eigenvalue weighted by Gasteiger charge is -2.30. The zero-order chi connectivity index (χ0) is 20.5. The fourth-order valence-corrected chi connectivity index (χ4v) is 3.71. The van der Waals surface area contributed by atoms with Crippen LogP contribution in [0.15, 0.2) is 36.7 Å². The number of nitrogen functional groups attached to an aromatic ring is 1. The van der Waals surface area contributed by atoms with Gasteiger partial charge in [-0.25, -0.2) is 9.67 Å². The van der Waals surface area contributed by atoms with Crippen LogP contribution in [0.4, 0.5) is 5.82 Å². The van der Waals surface area contributed by atoms with E-state index < -0.39 is 0 Å². The molecule has 1 aliphatic rings. The first kappa shape index (κ1) is 18.5. The number of carbonyl (C=O) groups is 1. The van der Waals surface area contributed by atoms with Gasteiger partial charge in [0.1, 0.15) is 23.2 Å². The fraction of sp³-hybridized carbons (Fsp3) is 0.238. The molecule has 1 aromatic carbocycles. The molecule has 3 aromatic rings. The number of carbonyl (C=O) groups excluding carboxylic acids is 1. The van der Waals surface area contributed by atoms with Gasteiger partial charge in [-0.15, -0.1) is 0 Å². The highest BCUT2D eigenvalue weighted by molar-refractivity contribution is 5.85. The molecule has 4 rings (SSSR count). The summed E-state index contributed by atoms with van der Waals surface area (Å²) in [6, 6.07) is 9.62. The summed E-state index contributed by atoms with van der Waals surface area (Å²) in [5, 5.41) is 14.2. The molecule has 8 nitrogen and oxygen atoms in total. The first-order valence-corrected chi connectivity index (χ1v) is 9.18. The third-order valence-corrected chi connectivity index (χ3v) is 5.16. The molecule has 0 aliphatic carbocycles. The number of nitrogens with two attached hydrogens (primary N) is 1. The SMILES string of the molecule is COc1ccc(-n2cccn2)c(-c2c(C#N)c(N)nc3c2CN(C(C)=O)CC3)c1. The Labute approximate surface area is 168 Å². The number of rotatable bonds is 3. The van der Waals surface area contributed by atoms with E-state index in [0.29, 0.717) is 30.8 Å². The zero-order valence-corrected chi connectivity index (χ0v) is 16.2. The Hall–Kier alpha value is -3.86. The molecule has 3 heterocycles. The molecule has 0 bridgehead atoms. The third-order valence-electron chi connectivity index (χ3n) is 5.16. The van der Waals surface area contributed by atoms with Crippen LogP contribution in [-0.4, -0.2) is 39.2 Å². The Morgan fingerprint density at radius 2 is 2.21 bits per heavy atom. The van der Waals surface area contributed by atoms with Crippen LogP contribution in [-0.2, 0) is 17.8 Å². The van der Waals surface area contributed by atoms with E-state index in [2.05, 4.69) is 16.2 Å². The molecule has 0 atom stereocenters. The summed E-state index contributed by atoms with van der Waals surface area (Å²) in [7, 11) is 1.59. The molecule has 29 heavy (non-hydrogen) atoms. The summed E-state index contributed by atoms with van der Waals surface area (Å²) < 4.78 is 7.16. The summed E-state index contributed by atoms with van der Waals surface area (Å²) in [5.41, 5.74) is 10.3. The van der Waals surface area contributed by atoms with Gasteiger partial charge >= 0.3 is 0 Å². The van der Waals surface area contributed by atoms with Crippen molar-refractivity contribution >= 4 is 11.7 Å². The van der Waals surface area contributed by atoms with E-state index in [4.69, 9.17) is 10.5 Å². The van der Waals surface area contributed by atoms with Gasteiger partial charge < -0.3 is 15.4 Å². The van der Waals surface area contributed by atoms with Crippen LogP contribution in [0.1, 0.15) is 23.7 Å².